The third kappa shape index (κ3) is 5.11. The van der Waals surface area contributed by atoms with E-state index in [1.807, 2.05) is 18.2 Å². The number of carbonyl (C=O) groups excluding carboxylic acids is 1. The summed E-state index contributed by atoms with van der Waals surface area (Å²) in [4.78, 5) is 12.4. The average Bonchev–Trinajstić information content (AvgIpc) is 2.69. The third-order valence-corrected chi connectivity index (χ3v) is 5.28. The Morgan fingerprint density at radius 2 is 1.39 bits per heavy atom. The van der Waals surface area contributed by atoms with Crippen LogP contribution in [0.1, 0.15) is 6.92 Å². The maximum Gasteiger partial charge on any atom is 0.265 e. The van der Waals surface area contributed by atoms with Crippen LogP contribution in [0.4, 0.5) is 11.4 Å². The van der Waals surface area contributed by atoms with E-state index in [0.717, 1.165) is 0 Å². The van der Waals surface area contributed by atoms with E-state index in [1.54, 1.807) is 49.4 Å². The van der Waals surface area contributed by atoms with E-state index >= 15 is 0 Å². The van der Waals surface area contributed by atoms with Crippen LogP contribution < -0.4 is 14.8 Å². The number of hydrogen-bond donors (Lipinski definition) is 2. The van der Waals surface area contributed by atoms with Gasteiger partial charge in [0.1, 0.15) is 5.75 Å². The van der Waals surface area contributed by atoms with Gasteiger partial charge in [-0.15, -0.1) is 0 Å². The van der Waals surface area contributed by atoms with Crippen LogP contribution in [0.5, 0.6) is 5.75 Å². The lowest BCUT2D eigenvalue weighted by atomic mass is 10.3. The molecule has 0 aromatic heterocycles. The fourth-order valence-corrected chi connectivity index (χ4v) is 3.50. The van der Waals surface area contributed by atoms with Crippen LogP contribution in [0.15, 0.2) is 89.8 Å². The van der Waals surface area contributed by atoms with Gasteiger partial charge in [0.05, 0.1) is 4.90 Å². The molecule has 3 aromatic rings. The lowest BCUT2D eigenvalue weighted by molar-refractivity contribution is -0.122. The van der Waals surface area contributed by atoms with E-state index in [2.05, 4.69) is 10.0 Å². The minimum atomic E-state index is -3.70. The summed E-state index contributed by atoms with van der Waals surface area (Å²) in [5.41, 5.74) is 0.957. The number of carbonyl (C=O) groups is 1. The van der Waals surface area contributed by atoms with E-state index in [0.29, 0.717) is 17.1 Å². The molecule has 6 nitrogen and oxygen atoms in total. The van der Waals surface area contributed by atoms with Crippen LogP contribution in [-0.2, 0) is 14.8 Å². The lowest BCUT2D eigenvalue weighted by Gasteiger charge is -2.15. The minimum Gasteiger partial charge on any atom is -0.481 e. The zero-order chi connectivity index (χ0) is 20.0. The smallest absolute Gasteiger partial charge is 0.265 e. The molecule has 0 aliphatic heterocycles. The zero-order valence-corrected chi connectivity index (χ0v) is 16.0. The highest BCUT2D eigenvalue weighted by Crippen LogP contribution is 2.18. The Morgan fingerprint density at radius 1 is 0.821 bits per heavy atom. The van der Waals surface area contributed by atoms with Crippen molar-refractivity contribution in [2.24, 2.45) is 0 Å². The van der Waals surface area contributed by atoms with Gasteiger partial charge in [0, 0.05) is 11.4 Å². The molecule has 0 saturated heterocycles. The highest BCUT2D eigenvalue weighted by molar-refractivity contribution is 7.92. The number of hydrogen-bond acceptors (Lipinski definition) is 4. The summed E-state index contributed by atoms with van der Waals surface area (Å²) in [6.07, 6.45) is -0.703. The van der Waals surface area contributed by atoms with Crippen molar-refractivity contribution < 1.29 is 17.9 Å². The summed E-state index contributed by atoms with van der Waals surface area (Å²) in [6.45, 7) is 1.64. The highest BCUT2D eigenvalue weighted by atomic mass is 32.2. The SMILES string of the molecule is CC(Oc1ccccc1)C(=O)Nc1ccc(S(=O)(=O)Nc2ccccc2)cc1. The van der Waals surface area contributed by atoms with Crippen molar-refractivity contribution in [2.45, 2.75) is 17.9 Å². The van der Waals surface area contributed by atoms with Crippen molar-refractivity contribution in [1.82, 2.24) is 0 Å². The zero-order valence-electron chi connectivity index (χ0n) is 15.2. The fourth-order valence-electron chi connectivity index (χ4n) is 2.44. The third-order valence-electron chi connectivity index (χ3n) is 3.88. The van der Waals surface area contributed by atoms with E-state index < -0.39 is 16.1 Å². The normalized spacial score (nSPS) is 12.0. The average molecular weight is 396 g/mol. The van der Waals surface area contributed by atoms with Gasteiger partial charge in [0.15, 0.2) is 6.10 Å². The Labute approximate surface area is 164 Å². The maximum absolute atomic E-state index is 12.4. The molecule has 28 heavy (non-hydrogen) atoms. The molecule has 0 spiro atoms. The van der Waals surface area contributed by atoms with Crippen LogP contribution in [0.3, 0.4) is 0 Å². The predicted molar refractivity (Wildman–Crippen MR) is 109 cm³/mol. The summed E-state index contributed by atoms with van der Waals surface area (Å²) in [6, 6.07) is 23.6. The van der Waals surface area contributed by atoms with Gasteiger partial charge >= 0.3 is 0 Å². The molecule has 3 aromatic carbocycles. The molecule has 0 bridgehead atoms. The molecule has 0 radical (unpaired) electrons. The lowest BCUT2D eigenvalue weighted by Crippen LogP contribution is -2.30. The first-order valence-electron chi connectivity index (χ1n) is 8.64. The Balaban J connectivity index is 1.63. The Morgan fingerprint density at radius 3 is 2.00 bits per heavy atom. The second-order valence-corrected chi connectivity index (χ2v) is 7.74. The minimum absolute atomic E-state index is 0.0999. The largest absolute Gasteiger partial charge is 0.481 e. The number of amides is 1. The van der Waals surface area contributed by atoms with E-state index in [4.69, 9.17) is 4.74 Å². The van der Waals surface area contributed by atoms with Crippen molar-refractivity contribution in [3.63, 3.8) is 0 Å². The summed E-state index contributed by atoms with van der Waals surface area (Å²) in [5.74, 6) is 0.264. The Bertz CT molecular complexity index is 1020. The van der Waals surface area contributed by atoms with Crippen LogP contribution in [0, 0.1) is 0 Å². The molecule has 144 valence electrons. The molecule has 0 aliphatic carbocycles. The molecule has 2 N–H and O–H groups in total. The van der Waals surface area contributed by atoms with Gasteiger partial charge in [-0.25, -0.2) is 8.42 Å². The monoisotopic (exact) mass is 396 g/mol. The fraction of sp³-hybridized carbons (Fsp3) is 0.0952. The highest BCUT2D eigenvalue weighted by Gasteiger charge is 2.17. The van der Waals surface area contributed by atoms with Gasteiger partial charge in [0.25, 0.3) is 15.9 Å². The molecule has 0 fully saturated rings. The summed E-state index contributed by atoms with van der Waals surface area (Å²) < 4.78 is 32.9. The van der Waals surface area contributed by atoms with Crippen molar-refractivity contribution in [3.05, 3.63) is 84.9 Å². The maximum atomic E-state index is 12.4. The molecule has 1 amide bonds. The number of rotatable bonds is 7. The molecule has 1 unspecified atom stereocenters. The number of nitrogens with one attached hydrogen (secondary N) is 2. The number of benzene rings is 3. The van der Waals surface area contributed by atoms with Gasteiger partial charge in [-0.2, -0.15) is 0 Å². The van der Waals surface area contributed by atoms with Gasteiger partial charge in [-0.05, 0) is 55.5 Å². The number of anilines is 2. The second-order valence-electron chi connectivity index (χ2n) is 6.06. The van der Waals surface area contributed by atoms with Crippen molar-refractivity contribution in [1.29, 1.82) is 0 Å². The molecule has 0 aliphatic rings. The van der Waals surface area contributed by atoms with Crippen LogP contribution in [0.2, 0.25) is 0 Å². The first-order chi connectivity index (χ1) is 13.4. The second kappa shape index (κ2) is 8.58. The number of para-hydroxylation sites is 2. The van der Waals surface area contributed by atoms with Crippen molar-refractivity contribution in [3.8, 4) is 5.75 Å². The van der Waals surface area contributed by atoms with Crippen LogP contribution in [-0.4, -0.2) is 20.4 Å². The molecular weight excluding hydrogens is 376 g/mol. The summed E-state index contributed by atoms with van der Waals surface area (Å²) in [7, 11) is -3.70. The molecule has 0 heterocycles. The van der Waals surface area contributed by atoms with Crippen LogP contribution in [0.25, 0.3) is 0 Å². The predicted octanol–water partition coefficient (Wildman–Crippen LogP) is 3.89. The Hall–Kier alpha value is -3.32. The topological polar surface area (TPSA) is 84.5 Å². The van der Waals surface area contributed by atoms with Crippen molar-refractivity contribution in [2.75, 3.05) is 10.0 Å². The van der Waals surface area contributed by atoms with Gasteiger partial charge in [-0.1, -0.05) is 36.4 Å². The quantitative estimate of drug-likeness (QED) is 0.634. The van der Waals surface area contributed by atoms with Gasteiger partial charge in [0.2, 0.25) is 0 Å². The number of ether oxygens (including phenoxy) is 1. The molecule has 7 heteroatoms. The van der Waals surface area contributed by atoms with Crippen molar-refractivity contribution >= 4 is 27.3 Å². The first kappa shape index (κ1) is 19.4. The van der Waals surface area contributed by atoms with Crippen LogP contribution >= 0.6 is 0 Å². The summed E-state index contributed by atoms with van der Waals surface area (Å²) in [5, 5.41) is 2.71. The molecular formula is C21H20N2O4S. The van der Waals surface area contributed by atoms with Gasteiger partial charge < -0.3 is 10.1 Å². The Kier molecular flexibility index (Phi) is 5.96. The van der Waals surface area contributed by atoms with E-state index in [9.17, 15) is 13.2 Å². The molecule has 3 rings (SSSR count). The standard InChI is InChI=1S/C21H20N2O4S/c1-16(27-19-10-6-3-7-11-19)21(24)22-17-12-14-20(15-13-17)28(25,26)23-18-8-4-2-5-9-18/h2-16,23H,1H3,(H,22,24). The summed E-state index contributed by atoms with van der Waals surface area (Å²) >= 11 is 0. The first-order valence-corrected chi connectivity index (χ1v) is 10.1. The van der Waals surface area contributed by atoms with E-state index in [1.165, 1.54) is 24.3 Å². The molecule has 0 saturated carbocycles. The number of sulfonamides is 1. The molecule has 1 atom stereocenters. The van der Waals surface area contributed by atoms with E-state index in [-0.39, 0.29) is 10.8 Å². The van der Waals surface area contributed by atoms with Gasteiger partial charge in [-0.3, -0.25) is 9.52 Å².